The summed E-state index contributed by atoms with van der Waals surface area (Å²) in [4.78, 5) is 1.16. The topological polar surface area (TPSA) is 26.0 Å². The van der Waals surface area contributed by atoms with Crippen LogP contribution < -0.4 is 5.73 Å². The third kappa shape index (κ3) is 3.24. The zero-order chi connectivity index (χ0) is 10.0. The second-order valence-corrected chi connectivity index (χ2v) is 6.05. The molecule has 1 nitrogen and oxygen atoms in total. The maximum absolute atomic E-state index is 6.01. The average Bonchev–Trinajstić information content (AvgIpc) is 2.31. The van der Waals surface area contributed by atoms with Crippen molar-refractivity contribution in [3.63, 3.8) is 0 Å². The first-order chi connectivity index (χ1) is 6.00. The summed E-state index contributed by atoms with van der Waals surface area (Å²) in [5.74, 6) is 0.620. The van der Waals surface area contributed by atoms with Gasteiger partial charge in [-0.15, -0.1) is 11.3 Å². The molecule has 2 N–H and O–H groups in total. The fourth-order valence-electron chi connectivity index (χ4n) is 1.17. The first kappa shape index (κ1) is 11.5. The number of rotatable bonds is 3. The lowest BCUT2D eigenvalue weighted by Gasteiger charge is -2.11. The van der Waals surface area contributed by atoms with Gasteiger partial charge in [0.15, 0.2) is 0 Å². The fourth-order valence-corrected chi connectivity index (χ4v) is 2.92. The number of thiophene rings is 1. The molecule has 0 saturated carbocycles. The van der Waals surface area contributed by atoms with Crippen molar-refractivity contribution in [1.29, 1.82) is 0 Å². The Bertz CT molecular complexity index is 266. The van der Waals surface area contributed by atoms with Crippen LogP contribution in [0.2, 0.25) is 4.34 Å². The van der Waals surface area contributed by atoms with Crippen LogP contribution in [0.15, 0.2) is 10.5 Å². The van der Waals surface area contributed by atoms with Crippen molar-refractivity contribution in [1.82, 2.24) is 0 Å². The molecule has 1 aromatic heterocycles. The van der Waals surface area contributed by atoms with E-state index in [1.807, 2.05) is 6.07 Å². The number of nitrogens with two attached hydrogens (primary N) is 1. The Kier molecular flexibility index (Phi) is 4.23. The van der Waals surface area contributed by atoms with Gasteiger partial charge in [0.1, 0.15) is 4.34 Å². The molecule has 0 spiro atoms. The summed E-state index contributed by atoms with van der Waals surface area (Å²) >= 11 is 10.9. The SMILES string of the molecule is CC(C)CC(N)c1cc(Br)c(Cl)s1. The van der Waals surface area contributed by atoms with Gasteiger partial charge in [-0.1, -0.05) is 25.4 Å². The zero-order valence-electron chi connectivity index (χ0n) is 7.68. The molecule has 0 radical (unpaired) electrons. The second-order valence-electron chi connectivity index (χ2n) is 3.51. The van der Waals surface area contributed by atoms with Crippen LogP contribution in [-0.4, -0.2) is 0 Å². The van der Waals surface area contributed by atoms with E-state index in [0.29, 0.717) is 5.92 Å². The van der Waals surface area contributed by atoms with Crippen LogP contribution in [0.4, 0.5) is 0 Å². The van der Waals surface area contributed by atoms with Gasteiger partial charge in [0.05, 0.1) is 0 Å². The van der Waals surface area contributed by atoms with Crippen molar-refractivity contribution in [2.75, 3.05) is 0 Å². The van der Waals surface area contributed by atoms with Crippen molar-refractivity contribution in [3.8, 4) is 0 Å². The molecule has 0 amide bonds. The summed E-state index contributed by atoms with van der Waals surface area (Å²) in [7, 11) is 0. The Morgan fingerprint density at radius 1 is 1.62 bits per heavy atom. The van der Waals surface area contributed by atoms with Crippen LogP contribution in [0.3, 0.4) is 0 Å². The summed E-state index contributed by atoms with van der Waals surface area (Å²) in [5, 5.41) is 0. The molecule has 1 aromatic rings. The standard InChI is InChI=1S/C9H13BrClNS/c1-5(2)3-7(12)8-4-6(10)9(11)13-8/h4-5,7H,3,12H2,1-2H3. The average molecular weight is 283 g/mol. The second kappa shape index (κ2) is 4.78. The van der Waals surface area contributed by atoms with Crippen LogP contribution in [0, 0.1) is 5.92 Å². The molecule has 0 aliphatic carbocycles. The molecule has 1 unspecified atom stereocenters. The normalized spacial score (nSPS) is 13.7. The highest BCUT2D eigenvalue weighted by Gasteiger charge is 2.12. The van der Waals surface area contributed by atoms with Gasteiger partial charge in [0.25, 0.3) is 0 Å². The Labute approximate surface area is 96.4 Å². The van der Waals surface area contributed by atoms with Gasteiger partial charge in [-0.3, -0.25) is 0 Å². The van der Waals surface area contributed by atoms with Crippen molar-refractivity contribution in [3.05, 3.63) is 19.8 Å². The molecule has 4 heteroatoms. The molecule has 1 heterocycles. The predicted octanol–water partition coefficient (Wildman–Crippen LogP) is 4.21. The van der Waals surface area contributed by atoms with E-state index in [4.69, 9.17) is 17.3 Å². The Morgan fingerprint density at radius 3 is 2.62 bits per heavy atom. The van der Waals surface area contributed by atoms with Crippen molar-refractivity contribution in [2.45, 2.75) is 26.3 Å². The smallest absolute Gasteiger partial charge is 0.107 e. The van der Waals surface area contributed by atoms with Crippen LogP contribution in [0.25, 0.3) is 0 Å². The van der Waals surface area contributed by atoms with Gasteiger partial charge in [-0.25, -0.2) is 0 Å². The molecular weight excluding hydrogens is 270 g/mol. The minimum atomic E-state index is 0.119. The van der Waals surface area contributed by atoms with E-state index in [-0.39, 0.29) is 6.04 Å². The number of halogens is 2. The van der Waals surface area contributed by atoms with Gasteiger partial charge in [-0.05, 0) is 34.3 Å². The van der Waals surface area contributed by atoms with Crippen molar-refractivity contribution < 1.29 is 0 Å². The van der Waals surface area contributed by atoms with Crippen LogP contribution in [-0.2, 0) is 0 Å². The van der Waals surface area contributed by atoms with Gasteiger partial charge >= 0.3 is 0 Å². The Hall–Kier alpha value is 0.430. The Balaban J connectivity index is 2.71. The van der Waals surface area contributed by atoms with E-state index in [1.54, 1.807) is 11.3 Å². The monoisotopic (exact) mass is 281 g/mol. The van der Waals surface area contributed by atoms with Crippen LogP contribution in [0.5, 0.6) is 0 Å². The lowest BCUT2D eigenvalue weighted by molar-refractivity contribution is 0.515. The highest BCUT2D eigenvalue weighted by Crippen LogP contribution is 2.35. The maximum Gasteiger partial charge on any atom is 0.107 e. The van der Waals surface area contributed by atoms with Crippen LogP contribution >= 0.6 is 38.9 Å². The summed E-state index contributed by atoms with van der Waals surface area (Å²) in [6.07, 6.45) is 1.00. The van der Waals surface area contributed by atoms with E-state index in [9.17, 15) is 0 Å². The molecule has 0 aromatic carbocycles. The summed E-state index contributed by atoms with van der Waals surface area (Å²) < 4.78 is 1.74. The van der Waals surface area contributed by atoms with Gasteiger partial charge in [0, 0.05) is 15.4 Å². The van der Waals surface area contributed by atoms with Gasteiger partial charge < -0.3 is 5.73 Å². The van der Waals surface area contributed by atoms with E-state index >= 15 is 0 Å². The lowest BCUT2D eigenvalue weighted by Crippen LogP contribution is -2.11. The molecule has 1 rings (SSSR count). The van der Waals surface area contributed by atoms with Crippen LogP contribution in [0.1, 0.15) is 31.2 Å². The highest BCUT2D eigenvalue weighted by atomic mass is 79.9. The summed E-state index contributed by atoms with van der Waals surface area (Å²) in [5.41, 5.74) is 6.01. The molecular formula is C9H13BrClNS. The van der Waals surface area contributed by atoms with E-state index < -0.39 is 0 Å². The molecule has 0 fully saturated rings. The van der Waals surface area contributed by atoms with Gasteiger partial charge in [0.2, 0.25) is 0 Å². The maximum atomic E-state index is 6.01. The lowest BCUT2D eigenvalue weighted by atomic mass is 10.0. The minimum Gasteiger partial charge on any atom is -0.323 e. The van der Waals surface area contributed by atoms with E-state index in [2.05, 4.69) is 29.8 Å². The molecule has 13 heavy (non-hydrogen) atoms. The fraction of sp³-hybridized carbons (Fsp3) is 0.556. The Morgan fingerprint density at radius 2 is 2.23 bits per heavy atom. The van der Waals surface area contributed by atoms with Gasteiger partial charge in [-0.2, -0.15) is 0 Å². The molecule has 74 valence electrons. The number of hydrogen-bond donors (Lipinski definition) is 1. The zero-order valence-corrected chi connectivity index (χ0v) is 10.8. The summed E-state index contributed by atoms with van der Waals surface area (Å²) in [6, 6.07) is 2.13. The van der Waals surface area contributed by atoms with E-state index in [1.165, 1.54) is 0 Å². The van der Waals surface area contributed by atoms with Crippen molar-refractivity contribution >= 4 is 38.9 Å². The molecule has 0 aliphatic rings. The summed E-state index contributed by atoms with van der Waals surface area (Å²) in [6.45, 7) is 4.34. The first-order valence-corrected chi connectivity index (χ1v) is 6.19. The molecule has 0 bridgehead atoms. The third-order valence-corrected chi connectivity index (χ3v) is 4.36. The molecule has 1 atom stereocenters. The number of hydrogen-bond acceptors (Lipinski definition) is 2. The van der Waals surface area contributed by atoms with Crippen molar-refractivity contribution in [2.24, 2.45) is 11.7 Å². The van der Waals surface area contributed by atoms with E-state index in [0.717, 1.165) is 20.1 Å². The first-order valence-electron chi connectivity index (χ1n) is 4.21. The highest BCUT2D eigenvalue weighted by molar-refractivity contribution is 9.10. The largest absolute Gasteiger partial charge is 0.323 e. The minimum absolute atomic E-state index is 0.119. The predicted molar refractivity (Wildman–Crippen MR) is 63.4 cm³/mol. The molecule has 0 aliphatic heterocycles. The third-order valence-electron chi connectivity index (χ3n) is 1.75. The molecule has 0 saturated heterocycles. The quantitative estimate of drug-likeness (QED) is 0.883.